The van der Waals surface area contributed by atoms with E-state index in [1.54, 1.807) is 11.3 Å². The van der Waals surface area contributed by atoms with Crippen molar-refractivity contribution in [1.29, 1.82) is 0 Å². The van der Waals surface area contributed by atoms with E-state index in [2.05, 4.69) is 47.2 Å². The third-order valence-corrected chi connectivity index (χ3v) is 4.37. The molecule has 0 saturated carbocycles. The van der Waals surface area contributed by atoms with Crippen LogP contribution in [0.4, 0.5) is 5.69 Å². The normalized spacial score (nSPS) is 12.4. The molecule has 0 spiro atoms. The van der Waals surface area contributed by atoms with Gasteiger partial charge in [-0.15, -0.1) is 11.3 Å². The van der Waals surface area contributed by atoms with E-state index in [4.69, 9.17) is 0 Å². The van der Waals surface area contributed by atoms with Gasteiger partial charge in [-0.2, -0.15) is 0 Å². The molecule has 0 bridgehead atoms. The molecule has 0 aliphatic carbocycles. The summed E-state index contributed by atoms with van der Waals surface area (Å²) in [7, 11) is 0. The fraction of sp³-hybridized carbons (Fsp3) is 0.286. The Morgan fingerprint density at radius 1 is 1.39 bits per heavy atom. The number of thiophene rings is 1. The Bertz CT molecular complexity index is 502. The number of benzene rings is 1. The summed E-state index contributed by atoms with van der Waals surface area (Å²) in [5.74, 6) is 0. The van der Waals surface area contributed by atoms with Gasteiger partial charge >= 0.3 is 0 Å². The molecule has 2 nitrogen and oxygen atoms in total. The van der Waals surface area contributed by atoms with E-state index >= 15 is 0 Å². The van der Waals surface area contributed by atoms with Crippen molar-refractivity contribution in [2.75, 3.05) is 11.9 Å². The standard InChI is InChI=1S/C14H16BrNOS/c1-9-6-10(2)14(11(15)7-9)16-8-12(17)13-4-3-5-18-13/h3-7,12,16-17H,8H2,1-2H3. The van der Waals surface area contributed by atoms with Crippen LogP contribution in [0.2, 0.25) is 0 Å². The molecule has 2 aromatic rings. The molecular formula is C14H16BrNOS. The van der Waals surface area contributed by atoms with Crippen molar-refractivity contribution >= 4 is 33.0 Å². The highest BCUT2D eigenvalue weighted by molar-refractivity contribution is 9.10. The van der Waals surface area contributed by atoms with Gasteiger partial charge in [0.25, 0.3) is 0 Å². The topological polar surface area (TPSA) is 32.3 Å². The van der Waals surface area contributed by atoms with E-state index in [1.807, 2.05) is 17.5 Å². The zero-order valence-electron chi connectivity index (χ0n) is 10.4. The van der Waals surface area contributed by atoms with Gasteiger partial charge in [-0.25, -0.2) is 0 Å². The van der Waals surface area contributed by atoms with Crippen molar-refractivity contribution in [1.82, 2.24) is 0 Å². The lowest BCUT2D eigenvalue weighted by Gasteiger charge is -2.15. The molecule has 2 N–H and O–H groups in total. The fourth-order valence-corrected chi connectivity index (χ4v) is 3.45. The number of hydrogen-bond acceptors (Lipinski definition) is 3. The maximum atomic E-state index is 10.0. The molecule has 0 radical (unpaired) electrons. The van der Waals surface area contributed by atoms with Crippen LogP contribution in [0.5, 0.6) is 0 Å². The van der Waals surface area contributed by atoms with E-state index in [-0.39, 0.29) is 0 Å². The van der Waals surface area contributed by atoms with Gasteiger partial charge in [0.2, 0.25) is 0 Å². The summed E-state index contributed by atoms with van der Waals surface area (Å²) in [5, 5.41) is 15.3. The number of hydrogen-bond donors (Lipinski definition) is 2. The number of rotatable bonds is 4. The summed E-state index contributed by atoms with van der Waals surface area (Å²) in [6, 6.07) is 8.11. The van der Waals surface area contributed by atoms with Crippen molar-refractivity contribution in [3.05, 3.63) is 50.1 Å². The Kier molecular flexibility index (Phi) is 4.43. The number of aliphatic hydroxyl groups is 1. The van der Waals surface area contributed by atoms with Crippen LogP contribution in [0.25, 0.3) is 0 Å². The van der Waals surface area contributed by atoms with E-state index < -0.39 is 6.10 Å². The van der Waals surface area contributed by atoms with Crippen LogP contribution in [0.1, 0.15) is 22.1 Å². The first-order valence-corrected chi connectivity index (χ1v) is 7.47. The minimum absolute atomic E-state index is 0.461. The number of nitrogens with one attached hydrogen (secondary N) is 1. The number of aliphatic hydroxyl groups excluding tert-OH is 1. The molecule has 1 unspecified atom stereocenters. The summed E-state index contributed by atoms with van der Waals surface area (Å²) in [5.41, 5.74) is 3.46. The predicted octanol–water partition coefficient (Wildman–Crippen LogP) is 4.27. The Hall–Kier alpha value is -0.840. The van der Waals surface area contributed by atoms with Crippen molar-refractivity contribution < 1.29 is 5.11 Å². The smallest absolute Gasteiger partial charge is 0.105 e. The lowest BCUT2D eigenvalue weighted by molar-refractivity contribution is 0.195. The van der Waals surface area contributed by atoms with Gasteiger partial charge in [-0.3, -0.25) is 0 Å². The maximum absolute atomic E-state index is 10.0. The van der Waals surface area contributed by atoms with Crippen LogP contribution >= 0.6 is 27.3 Å². The second-order valence-corrected chi connectivity index (χ2v) is 6.18. The predicted molar refractivity (Wildman–Crippen MR) is 81.4 cm³/mol. The van der Waals surface area contributed by atoms with Crippen molar-refractivity contribution in [3.63, 3.8) is 0 Å². The number of aryl methyl sites for hydroxylation is 2. The van der Waals surface area contributed by atoms with Crippen LogP contribution in [0, 0.1) is 13.8 Å². The Balaban J connectivity index is 2.07. The number of halogens is 1. The fourth-order valence-electron chi connectivity index (χ4n) is 1.92. The van der Waals surface area contributed by atoms with E-state index in [0.717, 1.165) is 15.0 Å². The summed E-state index contributed by atoms with van der Waals surface area (Å²) < 4.78 is 1.04. The van der Waals surface area contributed by atoms with Crippen LogP contribution in [-0.4, -0.2) is 11.7 Å². The average Bonchev–Trinajstić information content (AvgIpc) is 2.80. The number of anilines is 1. The first-order valence-electron chi connectivity index (χ1n) is 5.80. The van der Waals surface area contributed by atoms with Gasteiger partial charge in [0.1, 0.15) is 6.10 Å². The second-order valence-electron chi connectivity index (χ2n) is 4.35. The minimum Gasteiger partial charge on any atom is -0.386 e. The van der Waals surface area contributed by atoms with Crippen LogP contribution in [0.15, 0.2) is 34.1 Å². The van der Waals surface area contributed by atoms with Crippen molar-refractivity contribution in [2.24, 2.45) is 0 Å². The third-order valence-electron chi connectivity index (χ3n) is 2.78. The second kappa shape index (κ2) is 5.87. The van der Waals surface area contributed by atoms with Gasteiger partial charge in [0.15, 0.2) is 0 Å². The molecule has 4 heteroatoms. The monoisotopic (exact) mass is 325 g/mol. The highest BCUT2D eigenvalue weighted by Crippen LogP contribution is 2.28. The highest BCUT2D eigenvalue weighted by atomic mass is 79.9. The zero-order chi connectivity index (χ0) is 13.1. The molecule has 0 aliphatic heterocycles. The van der Waals surface area contributed by atoms with Gasteiger partial charge in [0, 0.05) is 15.9 Å². The lowest BCUT2D eigenvalue weighted by atomic mass is 10.1. The molecule has 2 rings (SSSR count). The average molecular weight is 326 g/mol. The van der Waals surface area contributed by atoms with Gasteiger partial charge in [-0.1, -0.05) is 12.1 Å². The zero-order valence-corrected chi connectivity index (χ0v) is 12.8. The molecule has 1 atom stereocenters. The highest BCUT2D eigenvalue weighted by Gasteiger charge is 2.10. The van der Waals surface area contributed by atoms with Crippen LogP contribution in [-0.2, 0) is 0 Å². The molecule has 0 saturated heterocycles. The first kappa shape index (κ1) is 13.6. The maximum Gasteiger partial charge on any atom is 0.105 e. The molecule has 1 aromatic heterocycles. The van der Waals surface area contributed by atoms with Gasteiger partial charge in [0.05, 0.1) is 5.69 Å². The lowest BCUT2D eigenvalue weighted by Crippen LogP contribution is -2.12. The summed E-state index contributed by atoms with van der Waals surface area (Å²) >= 11 is 5.13. The van der Waals surface area contributed by atoms with Crippen LogP contribution < -0.4 is 5.32 Å². The quantitative estimate of drug-likeness (QED) is 0.879. The molecule has 0 aliphatic rings. The third kappa shape index (κ3) is 3.13. The Labute approximate surface area is 120 Å². The van der Waals surface area contributed by atoms with Crippen molar-refractivity contribution in [3.8, 4) is 0 Å². The largest absolute Gasteiger partial charge is 0.386 e. The Morgan fingerprint density at radius 2 is 2.17 bits per heavy atom. The van der Waals surface area contributed by atoms with E-state index in [9.17, 15) is 5.11 Å². The molecule has 0 amide bonds. The van der Waals surface area contributed by atoms with E-state index in [1.165, 1.54) is 11.1 Å². The summed E-state index contributed by atoms with van der Waals surface area (Å²) in [4.78, 5) is 0.989. The van der Waals surface area contributed by atoms with Crippen LogP contribution in [0.3, 0.4) is 0 Å². The molecule has 18 heavy (non-hydrogen) atoms. The van der Waals surface area contributed by atoms with Gasteiger partial charge in [-0.05, 0) is 58.4 Å². The molecule has 96 valence electrons. The van der Waals surface area contributed by atoms with Gasteiger partial charge < -0.3 is 10.4 Å². The summed E-state index contributed by atoms with van der Waals surface area (Å²) in [6.07, 6.45) is -0.461. The molecule has 1 aromatic carbocycles. The SMILES string of the molecule is Cc1cc(C)c(NCC(O)c2cccs2)c(Br)c1. The van der Waals surface area contributed by atoms with Crippen molar-refractivity contribution in [2.45, 2.75) is 20.0 Å². The molecule has 1 heterocycles. The summed E-state index contributed by atoms with van der Waals surface area (Å²) in [6.45, 7) is 4.66. The molecular weight excluding hydrogens is 310 g/mol. The molecule has 0 fully saturated rings. The first-order chi connectivity index (χ1) is 8.58. The van der Waals surface area contributed by atoms with E-state index in [0.29, 0.717) is 6.54 Å². The Morgan fingerprint density at radius 3 is 2.78 bits per heavy atom. The minimum atomic E-state index is -0.461.